The summed E-state index contributed by atoms with van der Waals surface area (Å²) in [6.45, 7) is -0.347. The fourth-order valence-electron chi connectivity index (χ4n) is 1.24. The van der Waals surface area contributed by atoms with E-state index >= 15 is 0 Å². The summed E-state index contributed by atoms with van der Waals surface area (Å²) in [6.07, 6.45) is 0. The van der Waals surface area contributed by atoms with Crippen molar-refractivity contribution in [2.75, 3.05) is 6.61 Å². The zero-order chi connectivity index (χ0) is 13.4. The third kappa shape index (κ3) is 5.12. The van der Waals surface area contributed by atoms with Crippen LogP contribution < -0.4 is 5.32 Å². The number of nitrogens with one attached hydrogen (secondary N) is 1. The topological polar surface area (TPSA) is 75.6 Å². The molecule has 1 aromatic rings. The smallest absolute Gasteiger partial charge is 0.328 e. The fraction of sp³-hybridized carbons (Fsp3) is 0.333. The van der Waals surface area contributed by atoms with E-state index < -0.39 is 24.8 Å². The Morgan fingerprint density at radius 2 is 2.18 bits per heavy atom. The van der Waals surface area contributed by atoms with Crippen LogP contribution in [0.2, 0.25) is 0 Å². The summed E-state index contributed by atoms with van der Waals surface area (Å²) in [5.74, 6) is -1.81. The lowest BCUT2D eigenvalue weighted by Crippen LogP contribution is -2.42. The average molecular weight is 238 g/mol. The number of rotatable bonds is 6. The van der Waals surface area contributed by atoms with Gasteiger partial charge in [0.05, 0.1) is 13.2 Å². The molecule has 0 fully saturated rings. The number of carboxylic acid groups (broad SMARTS) is 1. The number of carbonyl (C=O) groups is 2. The average Bonchev–Trinajstić information content (AvgIpc) is 2.38. The van der Waals surface area contributed by atoms with Gasteiger partial charge in [0, 0.05) is 8.27 Å². The van der Waals surface area contributed by atoms with Crippen LogP contribution in [0.4, 0.5) is 0 Å². The molecule has 1 amide bonds. The van der Waals surface area contributed by atoms with E-state index in [9.17, 15) is 9.59 Å². The number of amides is 1. The van der Waals surface area contributed by atoms with Crippen molar-refractivity contribution in [1.29, 1.82) is 0 Å². The molecule has 2 N–H and O–H groups in total. The molecule has 0 heterocycles. The molecule has 0 aliphatic rings. The van der Waals surface area contributed by atoms with Crippen molar-refractivity contribution < 1.29 is 20.8 Å². The minimum Gasteiger partial charge on any atom is -0.480 e. The lowest BCUT2D eigenvalue weighted by molar-refractivity contribution is -0.143. The summed E-state index contributed by atoms with van der Waals surface area (Å²) in [5, 5.41) is 11.1. The molecule has 0 aliphatic carbocycles. The van der Waals surface area contributed by atoms with Crippen molar-refractivity contribution in [1.82, 2.24) is 5.32 Å². The number of carbonyl (C=O) groups excluding carboxylic acids is 1. The van der Waals surface area contributed by atoms with Gasteiger partial charge in [0.25, 0.3) is 0 Å². The Bertz CT molecular complexity index is 396. The first-order chi connectivity index (χ1) is 8.63. The van der Waals surface area contributed by atoms with Gasteiger partial charge in [-0.2, -0.15) is 0 Å². The summed E-state index contributed by atoms with van der Waals surface area (Å²) in [6, 6.07) is 8.19. The predicted octanol–water partition coefficient (Wildman–Crippen LogP) is 0.792. The summed E-state index contributed by atoms with van der Waals surface area (Å²) >= 11 is 0. The van der Waals surface area contributed by atoms with Crippen molar-refractivity contribution in [2.24, 2.45) is 0 Å². The molecular weight excluding hydrogens is 222 g/mol. The molecule has 0 bridgehead atoms. The first-order valence-corrected chi connectivity index (χ1v) is 5.06. The molecule has 1 rings (SSSR count). The van der Waals surface area contributed by atoms with Crippen LogP contribution >= 0.6 is 0 Å². The van der Waals surface area contributed by atoms with Crippen LogP contribution in [0.5, 0.6) is 0 Å². The lowest BCUT2D eigenvalue weighted by Gasteiger charge is -2.13. The summed E-state index contributed by atoms with van der Waals surface area (Å²) in [4.78, 5) is 21.8. The van der Waals surface area contributed by atoms with E-state index in [0.717, 1.165) is 5.56 Å². The first-order valence-electron chi connectivity index (χ1n) is 5.77. The molecular formula is C12H15NO4. The largest absolute Gasteiger partial charge is 0.480 e. The zero-order valence-electron chi connectivity index (χ0n) is 10.3. The van der Waals surface area contributed by atoms with Gasteiger partial charge in [-0.15, -0.1) is 0 Å². The van der Waals surface area contributed by atoms with Crippen molar-refractivity contribution in [3.05, 3.63) is 35.9 Å². The van der Waals surface area contributed by atoms with Crippen LogP contribution in [-0.2, 0) is 20.9 Å². The SMILES string of the molecule is [2H]CC(=O)N[C@@H](COCc1ccccc1)C(=O)O. The summed E-state index contributed by atoms with van der Waals surface area (Å²) < 4.78 is 12.0. The maximum atomic E-state index is 10.9. The van der Waals surface area contributed by atoms with Gasteiger partial charge >= 0.3 is 5.97 Å². The van der Waals surface area contributed by atoms with Gasteiger partial charge in [-0.25, -0.2) is 4.79 Å². The van der Waals surface area contributed by atoms with Gasteiger partial charge in [0.1, 0.15) is 0 Å². The molecule has 1 atom stereocenters. The molecule has 92 valence electrons. The van der Waals surface area contributed by atoms with Crippen LogP contribution in [0.1, 0.15) is 13.8 Å². The normalized spacial score (nSPS) is 12.6. The third-order valence-corrected chi connectivity index (χ3v) is 2.03. The van der Waals surface area contributed by atoms with Crippen molar-refractivity contribution in [2.45, 2.75) is 19.5 Å². The predicted molar refractivity (Wildman–Crippen MR) is 61.3 cm³/mol. The molecule has 1 aromatic carbocycles. The number of hydrogen-bond donors (Lipinski definition) is 2. The Morgan fingerprint density at radius 1 is 1.47 bits per heavy atom. The summed E-state index contributed by atoms with van der Waals surface area (Å²) in [5.41, 5.74) is 0.924. The van der Waals surface area contributed by atoms with Gasteiger partial charge < -0.3 is 15.2 Å². The van der Waals surface area contributed by atoms with Crippen LogP contribution in [-0.4, -0.2) is 29.6 Å². The first kappa shape index (κ1) is 11.6. The quantitative estimate of drug-likeness (QED) is 0.768. The Kier molecular flexibility index (Phi) is 4.54. The highest BCUT2D eigenvalue weighted by molar-refractivity contribution is 5.82. The van der Waals surface area contributed by atoms with E-state index in [1.807, 2.05) is 30.3 Å². The zero-order valence-corrected chi connectivity index (χ0v) is 9.26. The molecule has 17 heavy (non-hydrogen) atoms. The van der Waals surface area contributed by atoms with Gasteiger partial charge in [-0.3, -0.25) is 4.79 Å². The van der Waals surface area contributed by atoms with E-state index in [0.29, 0.717) is 0 Å². The second kappa shape index (κ2) is 6.65. The molecule has 0 spiro atoms. The van der Waals surface area contributed by atoms with Crippen LogP contribution in [0.25, 0.3) is 0 Å². The van der Waals surface area contributed by atoms with E-state index in [2.05, 4.69) is 5.32 Å². The maximum absolute atomic E-state index is 10.9. The maximum Gasteiger partial charge on any atom is 0.328 e. The lowest BCUT2D eigenvalue weighted by atomic mass is 10.2. The Balaban J connectivity index is 2.38. The van der Waals surface area contributed by atoms with Crippen LogP contribution in [0, 0.1) is 0 Å². The van der Waals surface area contributed by atoms with Gasteiger partial charge in [-0.1, -0.05) is 30.3 Å². The standard InChI is InChI=1S/C12H15NO4/c1-9(14)13-11(12(15)16)8-17-7-10-5-3-2-4-6-10/h2-6,11H,7-8H2,1H3,(H,13,14)(H,15,16)/t11-/m0/s1/i1D. The summed E-state index contributed by atoms with van der Waals surface area (Å²) in [7, 11) is 0. The van der Waals surface area contributed by atoms with Gasteiger partial charge in [0.15, 0.2) is 6.04 Å². The van der Waals surface area contributed by atoms with Gasteiger partial charge in [0.2, 0.25) is 5.91 Å². The highest BCUT2D eigenvalue weighted by Gasteiger charge is 2.18. The van der Waals surface area contributed by atoms with Crippen LogP contribution in [0.3, 0.4) is 0 Å². The number of benzene rings is 1. The third-order valence-electron chi connectivity index (χ3n) is 2.03. The highest BCUT2D eigenvalue weighted by Crippen LogP contribution is 2.01. The minimum atomic E-state index is -1.18. The number of carboxylic acids is 1. The molecule has 5 nitrogen and oxygen atoms in total. The monoisotopic (exact) mass is 238 g/mol. The second-order valence-corrected chi connectivity index (χ2v) is 3.46. The Labute approximate surface area is 101 Å². The van der Waals surface area contributed by atoms with Gasteiger partial charge in [-0.05, 0) is 5.56 Å². The molecule has 0 aliphatic heterocycles. The Hall–Kier alpha value is -1.88. The molecule has 5 heteroatoms. The fourth-order valence-corrected chi connectivity index (χ4v) is 1.24. The van der Waals surface area contributed by atoms with Crippen LogP contribution in [0.15, 0.2) is 30.3 Å². The van der Waals surface area contributed by atoms with E-state index in [1.54, 1.807) is 0 Å². The van der Waals surface area contributed by atoms with E-state index in [1.165, 1.54) is 0 Å². The minimum absolute atomic E-state index is 0.129. The Morgan fingerprint density at radius 3 is 2.76 bits per heavy atom. The number of aliphatic carboxylic acids is 1. The highest BCUT2D eigenvalue weighted by atomic mass is 16.5. The molecule has 0 saturated carbocycles. The molecule has 0 radical (unpaired) electrons. The number of ether oxygens (including phenoxy) is 1. The van der Waals surface area contributed by atoms with Crippen molar-refractivity contribution >= 4 is 11.9 Å². The molecule has 0 unspecified atom stereocenters. The molecule has 0 aromatic heterocycles. The van der Waals surface area contributed by atoms with Crippen molar-refractivity contribution in [3.63, 3.8) is 0 Å². The van der Waals surface area contributed by atoms with E-state index in [4.69, 9.17) is 11.2 Å². The number of hydrogen-bond acceptors (Lipinski definition) is 3. The van der Waals surface area contributed by atoms with Crippen molar-refractivity contribution in [3.8, 4) is 0 Å². The molecule has 0 saturated heterocycles. The second-order valence-electron chi connectivity index (χ2n) is 3.46. The van der Waals surface area contributed by atoms with E-state index in [-0.39, 0.29) is 13.2 Å².